The van der Waals surface area contributed by atoms with Gasteiger partial charge in [-0.3, -0.25) is 4.98 Å². The van der Waals surface area contributed by atoms with Crippen LogP contribution in [0.2, 0.25) is 0 Å². The number of pyridine rings is 1. The van der Waals surface area contributed by atoms with E-state index in [4.69, 9.17) is 0 Å². The molecule has 1 unspecified atom stereocenters. The van der Waals surface area contributed by atoms with Crippen LogP contribution in [0.15, 0.2) is 35.9 Å². The summed E-state index contributed by atoms with van der Waals surface area (Å²) < 4.78 is 2.16. The molecular weight excluding hydrogens is 280 g/mol. The Labute approximate surface area is 130 Å². The molecule has 1 atom stereocenters. The van der Waals surface area contributed by atoms with Crippen LogP contribution in [0, 0.1) is 5.41 Å². The standard InChI is InChI=1S/C16H22N4S/c1-16(2)8-6-14(11-16)21-15-19-18-12-20(15)10-7-13-5-3-4-9-17-13/h3-5,9,12,14H,6-8,10-11H2,1-2H3. The number of hydrogen-bond donors (Lipinski definition) is 0. The summed E-state index contributed by atoms with van der Waals surface area (Å²) in [5.41, 5.74) is 1.60. The van der Waals surface area contributed by atoms with Gasteiger partial charge in [0.1, 0.15) is 6.33 Å². The third-order valence-electron chi connectivity index (χ3n) is 4.11. The molecule has 1 aliphatic carbocycles. The minimum absolute atomic E-state index is 0.483. The van der Waals surface area contributed by atoms with Crippen LogP contribution in [0.25, 0.3) is 0 Å². The fourth-order valence-electron chi connectivity index (χ4n) is 2.89. The summed E-state index contributed by atoms with van der Waals surface area (Å²) in [6.45, 7) is 5.61. The maximum Gasteiger partial charge on any atom is 0.191 e. The van der Waals surface area contributed by atoms with Gasteiger partial charge >= 0.3 is 0 Å². The van der Waals surface area contributed by atoms with E-state index in [0.29, 0.717) is 10.7 Å². The summed E-state index contributed by atoms with van der Waals surface area (Å²) >= 11 is 1.89. The van der Waals surface area contributed by atoms with E-state index < -0.39 is 0 Å². The highest BCUT2D eigenvalue weighted by Crippen LogP contribution is 2.44. The Morgan fingerprint density at radius 2 is 2.29 bits per heavy atom. The maximum absolute atomic E-state index is 4.37. The van der Waals surface area contributed by atoms with Crippen LogP contribution in [-0.2, 0) is 13.0 Å². The van der Waals surface area contributed by atoms with Crippen LogP contribution in [0.4, 0.5) is 0 Å². The molecule has 0 spiro atoms. The second-order valence-corrected chi connectivity index (χ2v) is 7.79. The molecule has 0 amide bonds. The van der Waals surface area contributed by atoms with Crippen molar-refractivity contribution >= 4 is 11.8 Å². The van der Waals surface area contributed by atoms with Crippen LogP contribution >= 0.6 is 11.8 Å². The zero-order chi connectivity index (χ0) is 14.7. The average Bonchev–Trinajstić information content (AvgIpc) is 3.04. The lowest BCUT2D eigenvalue weighted by molar-refractivity contribution is 0.383. The fraction of sp³-hybridized carbons (Fsp3) is 0.562. The van der Waals surface area contributed by atoms with Crippen molar-refractivity contribution in [1.82, 2.24) is 19.7 Å². The van der Waals surface area contributed by atoms with Gasteiger partial charge in [0, 0.05) is 30.1 Å². The minimum atomic E-state index is 0.483. The molecule has 1 saturated carbocycles. The molecule has 2 heterocycles. The van der Waals surface area contributed by atoms with Crippen molar-refractivity contribution in [2.45, 2.75) is 56.5 Å². The molecule has 0 bridgehead atoms. The number of aromatic nitrogens is 4. The van der Waals surface area contributed by atoms with Crippen LogP contribution in [-0.4, -0.2) is 25.0 Å². The molecule has 0 aromatic carbocycles. The van der Waals surface area contributed by atoms with E-state index in [0.717, 1.165) is 23.8 Å². The lowest BCUT2D eigenvalue weighted by Crippen LogP contribution is -2.08. The Balaban J connectivity index is 1.59. The van der Waals surface area contributed by atoms with Gasteiger partial charge in [0.2, 0.25) is 0 Å². The Hall–Kier alpha value is -1.36. The second-order valence-electron chi connectivity index (χ2n) is 6.52. The first-order valence-corrected chi connectivity index (χ1v) is 8.45. The van der Waals surface area contributed by atoms with Gasteiger partial charge in [0.25, 0.3) is 0 Å². The molecule has 1 fully saturated rings. The number of hydrogen-bond acceptors (Lipinski definition) is 4. The minimum Gasteiger partial charge on any atom is -0.308 e. The summed E-state index contributed by atoms with van der Waals surface area (Å²) in [6, 6.07) is 6.05. The van der Waals surface area contributed by atoms with E-state index >= 15 is 0 Å². The largest absolute Gasteiger partial charge is 0.308 e. The highest BCUT2D eigenvalue weighted by Gasteiger charge is 2.32. The van der Waals surface area contributed by atoms with Gasteiger partial charge in [-0.15, -0.1) is 10.2 Å². The molecule has 1 aliphatic rings. The van der Waals surface area contributed by atoms with Crippen molar-refractivity contribution in [3.05, 3.63) is 36.4 Å². The molecule has 4 nitrogen and oxygen atoms in total. The molecule has 5 heteroatoms. The van der Waals surface area contributed by atoms with E-state index in [-0.39, 0.29) is 0 Å². The van der Waals surface area contributed by atoms with Gasteiger partial charge < -0.3 is 4.57 Å². The first kappa shape index (κ1) is 14.6. The van der Waals surface area contributed by atoms with Crippen LogP contribution < -0.4 is 0 Å². The topological polar surface area (TPSA) is 43.6 Å². The first-order valence-electron chi connectivity index (χ1n) is 7.57. The summed E-state index contributed by atoms with van der Waals surface area (Å²) in [5.74, 6) is 0. The first-order chi connectivity index (χ1) is 10.1. The van der Waals surface area contributed by atoms with Gasteiger partial charge in [-0.2, -0.15) is 0 Å². The summed E-state index contributed by atoms with van der Waals surface area (Å²) in [5, 5.41) is 10.1. The molecule has 0 saturated heterocycles. The molecule has 0 aliphatic heterocycles. The van der Waals surface area contributed by atoms with Gasteiger partial charge in [0.05, 0.1) is 0 Å². The van der Waals surface area contributed by atoms with Gasteiger partial charge in [-0.05, 0) is 36.8 Å². The second kappa shape index (κ2) is 6.18. The highest BCUT2D eigenvalue weighted by atomic mass is 32.2. The van der Waals surface area contributed by atoms with Crippen molar-refractivity contribution in [3.63, 3.8) is 0 Å². The molecular formula is C16H22N4S. The van der Waals surface area contributed by atoms with Gasteiger partial charge in [-0.1, -0.05) is 31.7 Å². The number of nitrogens with zero attached hydrogens (tertiary/aromatic N) is 4. The predicted molar refractivity (Wildman–Crippen MR) is 85.2 cm³/mol. The quantitative estimate of drug-likeness (QED) is 0.846. The molecule has 2 aromatic rings. The van der Waals surface area contributed by atoms with Crippen LogP contribution in [0.1, 0.15) is 38.8 Å². The van der Waals surface area contributed by atoms with Gasteiger partial charge in [0.15, 0.2) is 5.16 Å². The van der Waals surface area contributed by atoms with Crippen molar-refractivity contribution < 1.29 is 0 Å². The maximum atomic E-state index is 4.37. The van der Waals surface area contributed by atoms with Crippen LogP contribution in [0.3, 0.4) is 0 Å². The molecule has 0 N–H and O–H groups in total. The summed E-state index contributed by atoms with van der Waals surface area (Å²) in [7, 11) is 0. The van der Waals surface area contributed by atoms with E-state index in [1.54, 1.807) is 0 Å². The Morgan fingerprint density at radius 3 is 3.00 bits per heavy atom. The fourth-order valence-corrected chi connectivity index (χ4v) is 4.33. The molecule has 21 heavy (non-hydrogen) atoms. The number of aryl methyl sites for hydroxylation is 2. The zero-order valence-corrected chi connectivity index (χ0v) is 13.5. The van der Waals surface area contributed by atoms with Crippen LogP contribution in [0.5, 0.6) is 0 Å². The van der Waals surface area contributed by atoms with E-state index in [1.807, 2.05) is 36.4 Å². The Bertz CT molecular complexity index is 579. The van der Waals surface area contributed by atoms with Crippen molar-refractivity contribution in [3.8, 4) is 0 Å². The predicted octanol–water partition coefficient (Wildman–Crippen LogP) is 3.59. The number of thioether (sulfide) groups is 1. The van der Waals surface area contributed by atoms with Crippen molar-refractivity contribution in [2.24, 2.45) is 5.41 Å². The van der Waals surface area contributed by atoms with E-state index in [2.05, 4.69) is 39.7 Å². The molecule has 112 valence electrons. The Morgan fingerprint density at radius 1 is 1.38 bits per heavy atom. The lowest BCUT2D eigenvalue weighted by atomic mass is 9.92. The van der Waals surface area contributed by atoms with E-state index in [9.17, 15) is 0 Å². The summed E-state index contributed by atoms with van der Waals surface area (Å²) in [4.78, 5) is 4.37. The smallest absolute Gasteiger partial charge is 0.191 e. The van der Waals surface area contributed by atoms with Crippen molar-refractivity contribution in [1.29, 1.82) is 0 Å². The third kappa shape index (κ3) is 3.84. The highest BCUT2D eigenvalue weighted by molar-refractivity contribution is 7.99. The lowest BCUT2D eigenvalue weighted by Gasteiger charge is -2.16. The van der Waals surface area contributed by atoms with Crippen molar-refractivity contribution in [2.75, 3.05) is 0 Å². The Kier molecular flexibility index (Phi) is 4.29. The molecule has 3 rings (SSSR count). The van der Waals surface area contributed by atoms with E-state index in [1.165, 1.54) is 19.3 Å². The summed E-state index contributed by atoms with van der Waals surface area (Å²) in [6.07, 6.45) is 8.47. The zero-order valence-electron chi connectivity index (χ0n) is 12.7. The number of rotatable bonds is 5. The molecule has 0 radical (unpaired) electrons. The third-order valence-corrected chi connectivity index (χ3v) is 5.37. The monoisotopic (exact) mass is 302 g/mol. The van der Waals surface area contributed by atoms with Gasteiger partial charge in [-0.25, -0.2) is 0 Å². The SMILES string of the molecule is CC1(C)CCC(Sc2nncn2CCc2ccccn2)C1. The normalized spacial score (nSPS) is 20.8. The average molecular weight is 302 g/mol. The molecule has 2 aromatic heterocycles.